The summed E-state index contributed by atoms with van der Waals surface area (Å²) >= 11 is 0. The summed E-state index contributed by atoms with van der Waals surface area (Å²) in [5.41, 5.74) is 0.897. The number of nitrogens with one attached hydrogen (secondary N) is 1. The smallest absolute Gasteiger partial charge is 0.255 e. The molecule has 2 aromatic rings. The minimum Gasteiger partial charge on any atom is -0.322 e. The van der Waals surface area contributed by atoms with Crippen molar-refractivity contribution in [2.45, 2.75) is 31.1 Å². The Kier molecular flexibility index (Phi) is 5.57. The molecule has 3 rings (SSSR count). The molecule has 1 amide bonds. The maximum Gasteiger partial charge on any atom is 0.255 e. The Labute approximate surface area is 157 Å². The molecule has 27 heavy (non-hydrogen) atoms. The summed E-state index contributed by atoms with van der Waals surface area (Å²) < 4.78 is 54.4. The average Bonchev–Trinajstić information content (AvgIpc) is 2.65. The van der Waals surface area contributed by atoms with Gasteiger partial charge >= 0.3 is 0 Å². The van der Waals surface area contributed by atoms with Crippen LogP contribution < -0.4 is 5.32 Å². The first-order chi connectivity index (χ1) is 12.8. The number of hydrogen-bond acceptors (Lipinski definition) is 3. The Bertz CT molecular complexity index is 971. The molecule has 0 spiro atoms. The van der Waals surface area contributed by atoms with E-state index in [1.807, 2.05) is 0 Å². The molecule has 1 fully saturated rings. The molecule has 0 saturated carbocycles. The Morgan fingerprint density at radius 1 is 1.04 bits per heavy atom. The number of aryl methyl sites for hydroxylation is 1. The molecule has 1 aliphatic heterocycles. The second kappa shape index (κ2) is 7.74. The first-order valence-electron chi connectivity index (χ1n) is 8.66. The van der Waals surface area contributed by atoms with Crippen LogP contribution in [-0.4, -0.2) is 31.7 Å². The number of sulfonamides is 1. The second-order valence-corrected chi connectivity index (χ2v) is 8.43. The topological polar surface area (TPSA) is 66.5 Å². The Morgan fingerprint density at radius 3 is 2.44 bits per heavy atom. The number of carbonyl (C=O) groups is 1. The largest absolute Gasteiger partial charge is 0.322 e. The van der Waals surface area contributed by atoms with Gasteiger partial charge in [0.1, 0.15) is 16.5 Å². The standard InChI is InChI=1S/C19H20F2N2O3S/c1-13-5-7-15(20)12-17(13)22-19(24)14-6-8-16(21)18(11-14)27(25,26)23-9-3-2-4-10-23/h5-8,11-12H,2-4,9-10H2,1H3,(H,22,24). The van der Waals surface area contributed by atoms with Gasteiger partial charge in [0.25, 0.3) is 5.91 Å². The third kappa shape index (κ3) is 4.17. The number of anilines is 1. The minimum absolute atomic E-state index is 0.0179. The van der Waals surface area contributed by atoms with Crippen LogP contribution in [0.3, 0.4) is 0 Å². The third-order valence-corrected chi connectivity index (χ3v) is 6.49. The van der Waals surface area contributed by atoms with Gasteiger partial charge in [0.15, 0.2) is 0 Å². The van der Waals surface area contributed by atoms with E-state index in [0.29, 0.717) is 18.7 Å². The summed E-state index contributed by atoms with van der Waals surface area (Å²) in [6.45, 7) is 2.37. The molecular weight excluding hydrogens is 374 g/mol. The molecule has 1 N–H and O–H groups in total. The van der Waals surface area contributed by atoms with Gasteiger partial charge in [-0.05, 0) is 55.7 Å². The third-order valence-electron chi connectivity index (χ3n) is 4.57. The van der Waals surface area contributed by atoms with Gasteiger partial charge in [-0.2, -0.15) is 4.31 Å². The average molecular weight is 394 g/mol. The Balaban J connectivity index is 1.90. The maximum absolute atomic E-state index is 14.2. The molecule has 0 radical (unpaired) electrons. The highest BCUT2D eigenvalue weighted by Gasteiger charge is 2.29. The van der Waals surface area contributed by atoms with Gasteiger partial charge in [-0.15, -0.1) is 0 Å². The van der Waals surface area contributed by atoms with Crippen molar-refractivity contribution in [2.75, 3.05) is 18.4 Å². The van der Waals surface area contributed by atoms with Crippen LogP contribution in [0.4, 0.5) is 14.5 Å². The normalized spacial score (nSPS) is 15.5. The zero-order valence-corrected chi connectivity index (χ0v) is 15.7. The van der Waals surface area contributed by atoms with Crippen molar-refractivity contribution < 1.29 is 22.0 Å². The first-order valence-corrected chi connectivity index (χ1v) is 10.1. The van der Waals surface area contributed by atoms with Crippen molar-refractivity contribution in [3.63, 3.8) is 0 Å². The minimum atomic E-state index is -4.02. The van der Waals surface area contributed by atoms with E-state index in [9.17, 15) is 22.0 Å². The van der Waals surface area contributed by atoms with E-state index in [1.54, 1.807) is 6.92 Å². The summed E-state index contributed by atoms with van der Waals surface area (Å²) in [5, 5.41) is 2.54. The lowest BCUT2D eigenvalue weighted by atomic mass is 10.1. The van der Waals surface area contributed by atoms with Gasteiger partial charge in [-0.1, -0.05) is 12.5 Å². The Morgan fingerprint density at radius 2 is 1.74 bits per heavy atom. The Hall–Kier alpha value is -2.32. The number of rotatable bonds is 4. The van der Waals surface area contributed by atoms with E-state index in [-0.39, 0.29) is 11.3 Å². The second-order valence-electron chi connectivity index (χ2n) is 6.52. The molecule has 0 aliphatic carbocycles. The van der Waals surface area contributed by atoms with Gasteiger partial charge in [-0.25, -0.2) is 17.2 Å². The van der Waals surface area contributed by atoms with Gasteiger partial charge < -0.3 is 5.32 Å². The quantitative estimate of drug-likeness (QED) is 0.860. The zero-order chi connectivity index (χ0) is 19.6. The van der Waals surface area contributed by atoms with Gasteiger partial charge in [0.05, 0.1) is 0 Å². The number of piperidine rings is 1. The number of halogens is 2. The fourth-order valence-corrected chi connectivity index (χ4v) is 4.62. The van der Waals surface area contributed by atoms with Crippen molar-refractivity contribution in [3.05, 3.63) is 59.2 Å². The summed E-state index contributed by atoms with van der Waals surface area (Å²) in [6, 6.07) is 7.15. The van der Waals surface area contributed by atoms with E-state index in [0.717, 1.165) is 31.4 Å². The molecule has 1 heterocycles. The number of benzene rings is 2. The van der Waals surface area contributed by atoms with Crippen LogP contribution in [0.1, 0.15) is 35.2 Å². The van der Waals surface area contributed by atoms with Crippen molar-refractivity contribution >= 4 is 21.6 Å². The van der Waals surface area contributed by atoms with Crippen molar-refractivity contribution in [2.24, 2.45) is 0 Å². The molecule has 144 valence electrons. The molecule has 1 saturated heterocycles. The highest BCUT2D eigenvalue weighted by Crippen LogP contribution is 2.25. The molecule has 0 aromatic heterocycles. The molecule has 0 unspecified atom stereocenters. The summed E-state index contributed by atoms with van der Waals surface area (Å²) in [6.07, 6.45) is 2.38. The lowest BCUT2D eigenvalue weighted by Crippen LogP contribution is -2.36. The molecule has 5 nitrogen and oxygen atoms in total. The number of nitrogens with zero attached hydrogens (tertiary/aromatic N) is 1. The number of amides is 1. The van der Waals surface area contributed by atoms with Crippen molar-refractivity contribution in [3.8, 4) is 0 Å². The molecule has 2 aromatic carbocycles. The summed E-state index contributed by atoms with van der Waals surface area (Å²) in [7, 11) is -4.02. The van der Waals surface area contributed by atoms with Crippen LogP contribution in [0.2, 0.25) is 0 Å². The fraction of sp³-hybridized carbons (Fsp3) is 0.316. The van der Waals surface area contributed by atoms with Crippen LogP contribution in [0.15, 0.2) is 41.3 Å². The van der Waals surface area contributed by atoms with E-state index >= 15 is 0 Å². The highest BCUT2D eigenvalue weighted by atomic mass is 32.2. The summed E-state index contributed by atoms with van der Waals surface area (Å²) in [5.74, 6) is -2.05. The predicted octanol–water partition coefficient (Wildman–Crippen LogP) is 3.70. The van der Waals surface area contributed by atoms with Crippen LogP contribution >= 0.6 is 0 Å². The summed E-state index contributed by atoms with van der Waals surface area (Å²) in [4.78, 5) is 12.0. The van der Waals surface area contributed by atoms with Crippen molar-refractivity contribution in [1.29, 1.82) is 0 Å². The van der Waals surface area contributed by atoms with Gasteiger partial charge in [0, 0.05) is 24.3 Å². The van der Waals surface area contributed by atoms with Gasteiger partial charge in [0.2, 0.25) is 10.0 Å². The number of hydrogen-bond donors (Lipinski definition) is 1. The lowest BCUT2D eigenvalue weighted by molar-refractivity contribution is 0.102. The monoisotopic (exact) mass is 394 g/mol. The highest BCUT2D eigenvalue weighted by molar-refractivity contribution is 7.89. The van der Waals surface area contributed by atoms with E-state index in [4.69, 9.17) is 0 Å². The fourth-order valence-electron chi connectivity index (χ4n) is 3.01. The molecular formula is C19H20F2N2O3S. The zero-order valence-electron chi connectivity index (χ0n) is 14.8. The molecule has 1 aliphatic rings. The van der Waals surface area contributed by atoms with E-state index < -0.39 is 32.5 Å². The number of carbonyl (C=O) groups excluding carboxylic acids is 1. The van der Waals surface area contributed by atoms with Crippen LogP contribution in [0.5, 0.6) is 0 Å². The SMILES string of the molecule is Cc1ccc(F)cc1NC(=O)c1ccc(F)c(S(=O)(=O)N2CCCCC2)c1. The van der Waals surface area contributed by atoms with Crippen LogP contribution in [0, 0.1) is 18.6 Å². The molecule has 0 atom stereocenters. The van der Waals surface area contributed by atoms with E-state index in [1.165, 1.54) is 28.6 Å². The molecule has 8 heteroatoms. The first kappa shape index (κ1) is 19.4. The van der Waals surface area contributed by atoms with Crippen LogP contribution in [-0.2, 0) is 10.0 Å². The van der Waals surface area contributed by atoms with E-state index in [2.05, 4.69) is 5.32 Å². The van der Waals surface area contributed by atoms with Crippen molar-refractivity contribution in [1.82, 2.24) is 4.31 Å². The maximum atomic E-state index is 14.2. The van der Waals surface area contributed by atoms with Crippen LogP contribution in [0.25, 0.3) is 0 Å². The van der Waals surface area contributed by atoms with Gasteiger partial charge in [-0.3, -0.25) is 4.79 Å². The lowest BCUT2D eigenvalue weighted by Gasteiger charge is -2.26. The predicted molar refractivity (Wildman–Crippen MR) is 98.1 cm³/mol. The molecule has 0 bridgehead atoms.